The van der Waals surface area contributed by atoms with Gasteiger partial charge in [0.2, 0.25) is 5.89 Å². The molecule has 1 aromatic heterocycles. The van der Waals surface area contributed by atoms with Gasteiger partial charge in [-0.1, -0.05) is 41.5 Å². The summed E-state index contributed by atoms with van der Waals surface area (Å²) in [6.45, 7) is 8.38. The van der Waals surface area contributed by atoms with E-state index in [4.69, 9.17) is 33.5 Å². The summed E-state index contributed by atoms with van der Waals surface area (Å²) < 4.78 is 44.4. The third-order valence-electron chi connectivity index (χ3n) is 6.77. The van der Waals surface area contributed by atoms with Gasteiger partial charge < -0.3 is 10.3 Å². The fraction of sp³-hybridized carbons (Fsp3) is 0.520. The summed E-state index contributed by atoms with van der Waals surface area (Å²) in [6, 6.07) is 5.34. The molecule has 1 aliphatic carbocycles. The second-order valence-corrected chi connectivity index (χ2v) is 10.3. The number of alkyl halides is 4. The van der Waals surface area contributed by atoms with Crippen molar-refractivity contribution in [3.63, 3.8) is 0 Å². The highest BCUT2D eigenvalue weighted by atomic mass is 35.5. The van der Waals surface area contributed by atoms with Gasteiger partial charge in [-0.05, 0) is 36.1 Å². The first-order valence-electron chi connectivity index (χ1n) is 11.9. The summed E-state index contributed by atoms with van der Waals surface area (Å²) >= 11 is 11.8. The molecule has 11 heteroatoms. The molecule has 2 aromatic rings. The number of nitrogens with zero attached hydrogens (tertiary/aromatic N) is 4. The first-order chi connectivity index (χ1) is 17.1. The zero-order valence-electron chi connectivity index (χ0n) is 19.9. The Bertz CT molecular complexity index is 1090. The van der Waals surface area contributed by atoms with Crippen LogP contribution in [0.25, 0.3) is 0 Å². The first-order valence-corrected chi connectivity index (χ1v) is 12.8. The number of hydrogen-bond acceptors (Lipinski definition) is 6. The minimum absolute atomic E-state index is 0.183. The molecule has 0 bridgehead atoms. The van der Waals surface area contributed by atoms with E-state index in [0.717, 1.165) is 50.7 Å². The largest absolute Gasteiger partial charge is 0.416 e. The summed E-state index contributed by atoms with van der Waals surface area (Å²) in [6.07, 6.45) is -0.338. The molecule has 1 atom stereocenters. The monoisotopic (exact) mass is 543 g/mol. The zero-order valence-corrected chi connectivity index (χ0v) is 21.4. The van der Waals surface area contributed by atoms with Crippen molar-refractivity contribution in [3.8, 4) is 0 Å². The second-order valence-electron chi connectivity index (χ2n) is 9.58. The molecule has 1 aromatic carbocycles. The summed E-state index contributed by atoms with van der Waals surface area (Å²) in [5.41, 5.74) is 6.92. The van der Waals surface area contributed by atoms with Gasteiger partial charge in [0.1, 0.15) is 0 Å². The van der Waals surface area contributed by atoms with Crippen LogP contribution >= 0.6 is 23.2 Å². The van der Waals surface area contributed by atoms with Crippen LogP contribution in [0.5, 0.6) is 0 Å². The second kappa shape index (κ2) is 11.2. The van der Waals surface area contributed by atoms with Crippen molar-refractivity contribution in [2.45, 2.75) is 43.4 Å². The number of halogens is 5. The Morgan fingerprint density at radius 2 is 1.92 bits per heavy atom. The zero-order chi connectivity index (χ0) is 25.9. The molecule has 0 spiro atoms. The maximum Gasteiger partial charge on any atom is 0.416 e. The lowest BCUT2D eigenvalue weighted by molar-refractivity contribution is -0.137. The number of hydrogen-bond donors (Lipinski definition) is 1. The van der Waals surface area contributed by atoms with Crippen molar-refractivity contribution in [2.75, 3.05) is 38.6 Å². The molecular weight excluding hydrogens is 514 g/mol. The Balaban J connectivity index is 1.24. The SMILES string of the molecule is C=C(C=C(Cl)CCl)C1(c2noc(CC(N)CN3CCN(Cc4cccc(C(F)(F)F)c4)CC3)n2)CC1. The molecule has 1 aliphatic heterocycles. The van der Waals surface area contributed by atoms with Crippen molar-refractivity contribution >= 4 is 23.2 Å². The molecule has 0 radical (unpaired) electrons. The molecule has 196 valence electrons. The van der Waals surface area contributed by atoms with E-state index in [1.807, 2.05) is 0 Å². The molecule has 1 unspecified atom stereocenters. The summed E-state index contributed by atoms with van der Waals surface area (Å²) in [5, 5.41) is 4.70. The summed E-state index contributed by atoms with van der Waals surface area (Å²) in [7, 11) is 0. The lowest BCUT2D eigenvalue weighted by atomic mass is 9.96. The normalized spacial score (nSPS) is 19.9. The van der Waals surface area contributed by atoms with Crippen molar-refractivity contribution < 1.29 is 17.7 Å². The van der Waals surface area contributed by atoms with E-state index in [-0.39, 0.29) is 17.3 Å². The van der Waals surface area contributed by atoms with Crippen LogP contribution in [0, 0.1) is 0 Å². The lowest BCUT2D eigenvalue weighted by Gasteiger charge is -2.35. The van der Waals surface area contributed by atoms with E-state index in [2.05, 4.69) is 26.5 Å². The first kappa shape index (κ1) is 27.1. The minimum Gasteiger partial charge on any atom is -0.339 e. The number of benzene rings is 1. The van der Waals surface area contributed by atoms with Crippen LogP contribution in [0.2, 0.25) is 0 Å². The Labute approximate surface area is 218 Å². The average molecular weight is 544 g/mol. The highest BCUT2D eigenvalue weighted by Gasteiger charge is 2.50. The molecule has 2 fully saturated rings. The van der Waals surface area contributed by atoms with Gasteiger partial charge in [0.05, 0.1) is 16.9 Å². The topological polar surface area (TPSA) is 71.4 Å². The molecule has 2 N–H and O–H groups in total. The van der Waals surface area contributed by atoms with Gasteiger partial charge in [-0.25, -0.2) is 0 Å². The van der Waals surface area contributed by atoms with Crippen molar-refractivity contribution in [3.05, 3.63) is 70.4 Å². The third kappa shape index (κ3) is 6.69. The molecule has 6 nitrogen and oxygen atoms in total. The maximum atomic E-state index is 13.0. The van der Waals surface area contributed by atoms with Crippen LogP contribution < -0.4 is 5.73 Å². The molecule has 4 rings (SSSR count). The minimum atomic E-state index is -4.33. The van der Waals surface area contributed by atoms with Crippen LogP contribution in [0.4, 0.5) is 13.2 Å². The Kier molecular flexibility index (Phi) is 8.46. The molecule has 0 amide bonds. The van der Waals surface area contributed by atoms with Gasteiger partial charge >= 0.3 is 6.18 Å². The molecule has 36 heavy (non-hydrogen) atoms. The lowest BCUT2D eigenvalue weighted by Crippen LogP contribution is -2.49. The number of rotatable bonds is 10. The maximum absolute atomic E-state index is 13.0. The predicted octanol–water partition coefficient (Wildman–Crippen LogP) is 4.73. The van der Waals surface area contributed by atoms with Gasteiger partial charge in [0.15, 0.2) is 5.82 Å². The van der Waals surface area contributed by atoms with E-state index in [0.29, 0.717) is 41.8 Å². The van der Waals surface area contributed by atoms with Crippen LogP contribution in [-0.4, -0.2) is 64.6 Å². The van der Waals surface area contributed by atoms with Gasteiger partial charge in [-0.2, -0.15) is 18.2 Å². The highest BCUT2D eigenvalue weighted by molar-refractivity contribution is 6.35. The van der Waals surface area contributed by atoms with Crippen molar-refractivity contribution in [1.82, 2.24) is 19.9 Å². The number of nitrogens with two attached hydrogens (primary N) is 1. The van der Waals surface area contributed by atoms with E-state index in [1.54, 1.807) is 12.1 Å². The molecular formula is C25H30Cl2F3N5O. The molecule has 2 heterocycles. The van der Waals surface area contributed by atoms with Crippen molar-refractivity contribution in [2.24, 2.45) is 5.73 Å². The molecule has 1 saturated carbocycles. The smallest absolute Gasteiger partial charge is 0.339 e. The van der Waals surface area contributed by atoms with E-state index < -0.39 is 11.7 Å². The standard InChI is InChI=1S/C25H30Cl2F3N5O/c1-17(11-20(27)14-26)24(5-6-24)23-32-22(36-33-23)13-21(31)16-35-9-7-34(8-10-35)15-18-3-2-4-19(12-18)25(28,29)30/h2-4,11-12,21H,1,5-10,13-16,31H2. The summed E-state index contributed by atoms with van der Waals surface area (Å²) in [4.78, 5) is 9.00. The average Bonchev–Trinajstić information content (AvgIpc) is 3.52. The van der Waals surface area contributed by atoms with E-state index in [9.17, 15) is 13.2 Å². The van der Waals surface area contributed by atoms with Crippen molar-refractivity contribution in [1.29, 1.82) is 0 Å². The van der Waals surface area contributed by atoms with Gasteiger partial charge in [0, 0.05) is 56.8 Å². The number of allylic oxidation sites excluding steroid dienone is 3. The number of aromatic nitrogens is 2. The van der Waals surface area contributed by atoms with Crippen LogP contribution in [0.15, 0.2) is 52.0 Å². The van der Waals surface area contributed by atoms with Crippen LogP contribution in [0.3, 0.4) is 0 Å². The summed E-state index contributed by atoms with van der Waals surface area (Å²) in [5.74, 6) is 1.32. The van der Waals surface area contributed by atoms with Gasteiger partial charge in [-0.15, -0.1) is 11.6 Å². The van der Waals surface area contributed by atoms with Crippen LogP contribution in [-0.2, 0) is 24.6 Å². The van der Waals surface area contributed by atoms with Crippen LogP contribution in [0.1, 0.15) is 35.7 Å². The Morgan fingerprint density at radius 3 is 2.56 bits per heavy atom. The third-order valence-corrected chi connectivity index (χ3v) is 7.44. The highest BCUT2D eigenvalue weighted by Crippen LogP contribution is 2.52. The fourth-order valence-corrected chi connectivity index (χ4v) is 4.77. The predicted molar refractivity (Wildman–Crippen MR) is 134 cm³/mol. The van der Waals surface area contributed by atoms with E-state index in [1.165, 1.54) is 12.1 Å². The number of piperazine rings is 1. The molecule has 1 saturated heterocycles. The Morgan fingerprint density at radius 1 is 1.22 bits per heavy atom. The quantitative estimate of drug-likeness (QED) is 0.345. The Hall–Kier alpha value is -1.91. The van der Waals surface area contributed by atoms with Gasteiger partial charge in [-0.3, -0.25) is 9.80 Å². The fourth-order valence-electron chi connectivity index (χ4n) is 4.57. The van der Waals surface area contributed by atoms with E-state index >= 15 is 0 Å². The van der Waals surface area contributed by atoms with Gasteiger partial charge in [0.25, 0.3) is 0 Å². The molecule has 2 aliphatic rings.